The van der Waals surface area contributed by atoms with Crippen molar-refractivity contribution in [3.63, 3.8) is 0 Å². The maximum atomic E-state index is 13.6. The molecule has 1 heterocycles. The summed E-state index contributed by atoms with van der Waals surface area (Å²) in [5.41, 5.74) is 0.861. The van der Waals surface area contributed by atoms with Gasteiger partial charge in [0.15, 0.2) is 0 Å². The Labute approximate surface area is 109 Å². The summed E-state index contributed by atoms with van der Waals surface area (Å²) in [5, 5.41) is 0. The first-order valence-electron chi connectivity index (χ1n) is 7.12. The Kier molecular flexibility index (Phi) is 4.72. The van der Waals surface area contributed by atoms with Crippen molar-refractivity contribution in [2.45, 2.75) is 32.9 Å². The number of nitrogens with one attached hydrogen (secondary N) is 2. The molecular weight excluding hydrogens is 227 g/mol. The highest BCUT2D eigenvalue weighted by atomic mass is 19.1. The van der Waals surface area contributed by atoms with E-state index in [1.807, 2.05) is 12.1 Å². The molecule has 3 heteroatoms. The second-order valence-electron chi connectivity index (χ2n) is 5.49. The molecule has 1 unspecified atom stereocenters. The molecule has 0 amide bonds. The van der Waals surface area contributed by atoms with E-state index < -0.39 is 0 Å². The van der Waals surface area contributed by atoms with Crippen LogP contribution in [-0.2, 0) is 6.54 Å². The molecule has 1 fully saturated rings. The summed E-state index contributed by atoms with van der Waals surface area (Å²) in [4.78, 5) is 3.24. The number of benzene rings is 1. The van der Waals surface area contributed by atoms with Gasteiger partial charge in [-0.15, -0.1) is 0 Å². The Hall–Kier alpha value is -0.930. The van der Waals surface area contributed by atoms with Crippen LogP contribution in [0.4, 0.5) is 4.39 Å². The first-order chi connectivity index (χ1) is 8.70. The van der Waals surface area contributed by atoms with Crippen LogP contribution in [0.2, 0.25) is 0 Å². The highest BCUT2D eigenvalue weighted by molar-refractivity contribution is 5.15. The standard InChI is InChI=1S/C15H23FN2/c1-3-13(2)18-10-8-17(9-11-18)12-14-6-4-5-7-15(14)16/h4-7,13H,3,8-12H2,1-2H3/p+2. The molecule has 0 saturated carbocycles. The van der Waals surface area contributed by atoms with Gasteiger partial charge in [0.25, 0.3) is 0 Å². The second-order valence-corrected chi connectivity index (χ2v) is 5.49. The Morgan fingerprint density at radius 2 is 1.83 bits per heavy atom. The first-order valence-corrected chi connectivity index (χ1v) is 7.12. The molecule has 0 aliphatic carbocycles. The van der Waals surface area contributed by atoms with E-state index in [0.717, 1.165) is 31.2 Å². The molecule has 2 N–H and O–H groups in total. The molecule has 100 valence electrons. The number of piperazine rings is 1. The maximum Gasteiger partial charge on any atom is 0.132 e. The molecule has 0 spiro atoms. The quantitative estimate of drug-likeness (QED) is 0.741. The monoisotopic (exact) mass is 252 g/mol. The molecule has 1 aromatic carbocycles. The van der Waals surface area contributed by atoms with Crippen molar-refractivity contribution >= 4 is 0 Å². The lowest BCUT2D eigenvalue weighted by molar-refractivity contribution is -1.03. The molecule has 2 rings (SSSR count). The third-order valence-corrected chi connectivity index (χ3v) is 4.31. The number of rotatable bonds is 4. The molecule has 0 aromatic heterocycles. The summed E-state index contributed by atoms with van der Waals surface area (Å²) in [6, 6.07) is 7.93. The van der Waals surface area contributed by atoms with Gasteiger partial charge in [0.1, 0.15) is 38.5 Å². The van der Waals surface area contributed by atoms with Crippen LogP contribution >= 0.6 is 0 Å². The van der Waals surface area contributed by atoms with Crippen molar-refractivity contribution in [2.75, 3.05) is 26.2 Å². The summed E-state index contributed by atoms with van der Waals surface area (Å²) >= 11 is 0. The average Bonchev–Trinajstić information content (AvgIpc) is 2.41. The van der Waals surface area contributed by atoms with E-state index in [0.29, 0.717) is 0 Å². The normalized spacial score (nSPS) is 25.9. The van der Waals surface area contributed by atoms with E-state index in [4.69, 9.17) is 0 Å². The van der Waals surface area contributed by atoms with E-state index >= 15 is 0 Å². The summed E-state index contributed by atoms with van der Waals surface area (Å²) in [7, 11) is 0. The summed E-state index contributed by atoms with van der Waals surface area (Å²) < 4.78 is 13.6. The van der Waals surface area contributed by atoms with Crippen molar-refractivity contribution in [2.24, 2.45) is 0 Å². The number of hydrogen-bond donors (Lipinski definition) is 2. The van der Waals surface area contributed by atoms with Crippen LogP contribution in [-0.4, -0.2) is 32.2 Å². The van der Waals surface area contributed by atoms with Gasteiger partial charge in [-0.25, -0.2) is 4.39 Å². The molecular formula is C15H25FN2+2. The molecule has 0 radical (unpaired) electrons. The third-order valence-electron chi connectivity index (χ3n) is 4.31. The van der Waals surface area contributed by atoms with Gasteiger partial charge in [-0.05, 0) is 19.4 Å². The van der Waals surface area contributed by atoms with Crippen LogP contribution < -0.4 is 9.80 Å². The first kappa shape index (κ1) is 13.5. The summed E-state index contributed by atoms with van der Waals surface area (Å²) in [6.45, 7) is 10.2. The van der Waals surface area contributed by atoms with Crippen molar-refractivity contribution < 1.29 is 14.2 Å². The predicted octanol–water partition coefficient (Wildman–Crippen LogP) is -0.0924. The molecule has 18 heavy (non-hydrogen) atoms. The topological polar surface area (TPSA) is 8.88 Å². The number of hydrogen-bond acceptors (Lipinski definition) is 0. The average molecular weight is 252 g/mol. The van der Waals surface area contributed by atoms with Gasteiger partial charge in [-0.1, -0.05) is 25.1 Å². The van der Waals surface area contributed by atoms with Gasteiger partial charge in [0.05, 0.1) is 6.04 Å². The predicted molar refractivity (Wildman–Crippen MR) is 71.3 cm³/mol. The Morgan fingerprint density at radius 3 is 2.44 bits per heavy atom. The van der Waals surface area contributed by atoms with Gasteiger partial charge >= 0.3 is 0 Å². The minimum absolute atomic E-state index is 0.0540. The van der Waals surface area contributed by atoms with Gasteiger partial charge in [-0.3, -0.25) is 0 Å². The smallest absolute Gasteiger partial charge is 0.132 e. The molecule has 1 aliphatic rings. The zero-order valence-corrected chi connectivity index (χ0v) is 11.5. The van der Waals surface area contributed by atoms with E-state index in [1.165, 1.54) is 24.4 Å². The van der Waals surface area contributed by atoms with E-state index in [2.05, 4.69) is 13.8 Å². The molecule has 2 nitrogen and oxygen atoms in total. The maximum absolute atomic E-state index is 13.6. The molecule has 1 saturated heterocycles. The fourth-order valence-corrected chi connectivity index (χ4v) is 2.79. The van der Waals surface area contributed by atoms with Gasteiger partial charge in [0.2, 0.25) is 0 Å². The van der Waals surface area contributed by atoms with Crippen LogP contribution in [0.15, 0.2) is 24.3 Å². The van der Waals surface area contributed by atoms with Gasteiger partial charge in [0, 0.05) is 5.56 Å². The molecule has 1 aromatic rings. The van der Waals surface area contributed by atoms with Crippen LogP contribution in [0.5, 0.6) is 0 Å². The fourth-order valence-electron chi connectivity index (χ4n) is 2.79. The van der Waals surface area contributed by atoms with Crippen molar-refractivity contribution in [3.05, 3.63) is 35.6 Å². The molecule has 1 aliphatic heterocycles. The molecule has 1 atom stereocenters. The van der Waals surface area contributed by atoms with Gasteiger partial charge in [-0.2, -0.15) is 0 Å². The lowest BCUT2D eigenvalue weighted by Gasteiger charge is -2.33. The lowest BCUT2D eigenvalue weighted by Crippen LogP contribution is -3.29. The van der Waals surface area contributed by atoms with Crippen molar-refractivity contribution in [1.29, 1.82) is 0 Å². The van der Waals surface area contributed by atoms with Crippen molar-refractivity contribution in [3.8, 4) is 0 Å². The van der Waals surface area contributed by atoms with E-state index in [9.17, 15) is 4.39 Å². The van der Waals surface area contributed by atoms with Gasteiger partial charge < -0.3 is 9.80 Å². The number of quaternary nitrogens is 2. The van der Waals surface area contributed by atoms with Crippen LogP contribution in [0, 0.1) is 5.82 Å². The zero-order chi connectivity index (χ0) is 13.0. The Bertz CT molecular complexity index is 373. The third kappa shape index (κ3) is 3.30. The number of halogens is 1. The largest absolute Gasteiger partial charge is 0.323 e. The zero-order valence-electron chi connectivity index (χ0n) is 11.5. The van der Waals surface area contributed by atoms with Crippen LogP contribution in [0.1, 0.15) is 25.8 Å². The lowest BCUT2D eigenvalue weighted by atomic mass is 10.1. The fraction of sp³-hybridized carbons (Fsp3) is 0.600. The minimum Gasteiger partial charge on any atom is -0.323 e. The minimum atomic E-state index is -0.0540. The molecule has 0 bridgehead atoms. The highest BCUT2D eigenvalue weighted by Crippen LogP contribution is 2.03. The Balaban J connectivity index is 1.86. The summed E-state index contributed by atoms with van der Waals surface area (Å²) in [5.74, 6) is -0.0540. The Morgan fingerprint density at radius 1 is 1.17 bits per heavy atom. The van der Waals surface area contributed by atoms with E-state index in [-0.39, 0.29) is 5.82 Å². The van der Waals surface area contributed by atoms with Crippen molar-refractivity contribution in [1.82, 2.24) is 0 Å². The van der Waals surface area contributed by atoms with E-state index in [1.54, 1.807) is 17.0 Å². The SMILES string of the molecule is CCC(C)[NH+]1CC[NH+](Cc2ccccc2F)CC1. The second kappa shape index (κ2) is 6.30. The highest BCUT2D eigenvalue weighted by Gasteiger charge is 2.26. The van der Waals surface area contributed by atoms with Crippen LogP contribution in [0.3, 0.4) is 0 Å². The van der Waals surface area contributed by atoms with Crippen LogP contribution in [0.25, 0.3) is 0 Å². The summed E-state index contributed by atoms with van der Waals surface area (Å²) in [6.07, 6.45) is 1.25.